The lowest BCUT2D eigenvalue weighted by atomic mass is 9.99. The van der Waals surface area contributed by atoms with Crippen molar-refractivity contribution in [2.75, 3.05) is 0 Å². The van der Waals surface area contributed by atoms with Gasteiger partial charge in [-0.15, -0.1) is 0 Å². The Bertz CT molecular complexity index is 263. The Morgan fingerprint density at radius 1 is 1.62 bits per heavy atom. The first-order valence-electron chi connectivity index (χ1n) is 4.04. The maximum absolute atomic E-state index is 12.0. The van der Waals surface area contributed by atoms with Crippen molar-refractivity contribution in [3.63, 3.8) is 0 Å². The van der Waals surface area contributed by atoms with Crippen LogP contribution in [0.3, 0.4) is 0 Å². The standard InChI is InChI=1S/C9H12F3N/c1-5(7-4-8(7)13)3-6(2)9(10,11)12/h5H,2-4,13H2,1H3/t5-/m0/s1. The highest BCUT2D eigenvalue weighted by atomic mass is 19.4. The molecule has 1 aliphatic rings. The summed E-state index contributed by atoms with van der Waals surface area (Å²) < 4.78 is 36.1. The largest absolute Gasteiger partial charge is 0.412 e. The molecule has 0 saturated heterocycles. The average Bonchev–Trinajstić information content (AvgIpc) is 2.64. The molecule has 0 heterocycles. The van der Waals surface area contributed by atoms with Crippen molar-refractivity contribution >= 4 is 0 Å². The fourth-order valence-electron chi connectivity index (χ4n) is 1.26. The second kappa shape index (κ2) is 3.09. The van der Waals surface area contributed by atoms with Crippen molar-refractivity contribution in [2.24, 2.45) is 11.7 Å². The molecule has 0 radical (unpaired) electrons. The molecule has 0 aliphatic heterocycles. The molecule has 0 aromatic heterocycles. The maximum Gasteiger partial charge on any atom is 0.412 e. The smallest absolute Gasteiger partial charge is 0.402 e. The molecule has 0 bridgehead atoms. The lowest BCUT2D eigenvalue weighted by Crippen LogP contribution is -2.13. The van der Waals surface area contributed by atoms with Gasteiger partial charge in [-0.2, -0.15) is 13.2 Å². The van der Waals surface area contributed by atoms with E-state index >= 15 is 0 Å². The minimum atomic E-state index is -4.27. The summed E-state index contributed by atoms with van der Waals surface area (Å²) >= 11 is 0. The predicted molar refractivity (Wildman–Crippen MR) is 44.8 cm³/mol. The topological polar surface area (TPSA) is 26.0 Å². The van der Waals surface area contributed by atoms with Crippen LogP contribution >= 0.6 is 0 Å². The van der Waals surface area contributed by atoms with Crippen molar-refractivity contribution in [1.29, 1.82) is 0 Å². The quantitative estimate of drug-likeness (QED) is 0.682. The number of alkyl halides is 3. The van der Waals surface area contributed by atoms with E-state index in [-0.39, 0.29) is 12.3 Å². The summed E-state index contributed by atoms with van der Waals surface area (Å²) in [6.07, 6.45) is -3.62. The Morgan fingerprint density at radius 2 is 2.08 bits per heavy atom. The van der Waals surface area contributed by atoms with Gasteiger partial charge in [0.15, 0.2) is 0 Å². The molecule has 2 N–H and O–H groups in total. The maximum atomic E-state index is 12.0. The molecule has 0 spiro atoms. The molecule has 0 unspecified atom stereocenters. The minimum absolute atomic E-state index is 0.0421. The van der Waals surface area contributed by atoms with Crippen molar-refractivity contribution in [3.05, 3.63) is 23.4 Å². The number of nitrogens with two attached hydrogens (primary N) is 1. The Balaban J connectivity index is 2.46. The molecule has 1 aliphatic carbocycles. The molecule has 0 saturated carbocycles. The fraction of sp³-hybridized carbons (Fsp3) is 0.556. The second-order valence-corrected chi connectivity index (χ2v) is 3.43. The first kappa shape index (κ1) is 10.2. The summed E-state index contributed by atoms with van der Waals surface area (Å²) in [5, 5.41) is 0. The molecule has 13 heavy (non-hydrogen) atoms. The molecule has 0 amide bonds. The van der Waals surface area contributed by atoms with Gasteiger partial charge in [0.1, 0.15) is 0 Å². The SMILES string of the molecule is C=C(C[C@H](C)C1=C(N)C1)C(F)(F)F. The van der Waals surface area contributed by atoms with Crippen LogP contribution in [0.4, 0.5) is 13.2 Å². The highest BCUT2D eigenvalue weighted by Crippen LogP contribution is 2.38. The van der Waals surface area contributed by atoms with Gasteiger partial charge in [-0.05, 0) is 17.9 Å². The van der Waals surface area contributed by atoms with E-state index in [2.05, 4.69) is 6.58 Å². The molecular weight excluding hydrogens is 179 g/mol. The van der Waals surface area contributed by atoms with Crippen LogP contribution in [0.15, 0.2) is 23.4 Å². The van der Waals surface area contributed by atoms with Crippen LogP contribution in [0, 0.1) is 5.92 Å². The predicted octanol–water partition coefficient (Wildman–Crippen LogP) is 2.75. The molecule has 74 valence electrons. The summed E-state index contributed by atoms with van der Waals surface area (Å²) in [7, 11) is 0. The molecule has 0 aromatic rings. The van der Waals surface area contributed by atoms with Crippen LogP contribution < -0.4 is 5.73 Å². The highest BCUT2D eigenvalue weighted by molar-refractivity contribution is 5.34. The van der Waals surface area contributed by atoms with Gasteiger partial charge in [0.25, 0.3) is 0 Å². The number of allylic oxidation sites excluding steroid dienone is 3. The van der Waals surface area contributed by atoms with Gasteiger partial charge in [0, 0.05) is 17.7 Å². The zero-order valence-corrected chi connectivity index (χ0v) is 7.41. The third kappa shape index (κ3) is 2.50. The highest BCUT2D eigenvalue weighted by Gasteiger charge is 2.34. The van der Waals surface area contributed by atoms with Crippen LogP contribution in [0.2, 0.25) is 0 Å². The average molecular weight is 191 g/mol. The number of halogens is 3. The van der Waals surface area contributed by atoms with Crippen LogP contribution in [-0.2, 0) is 0 Å². The minimum Gasteiger partial charge on any atom is -0.402 e. The summed E-state index contributed by atoms with van der Waals surface area (Å²) in [5.74, 6) is -0.117. The van der Waals surface area contributed by atoms with E-state index < -0.39 is 11.7 Å². The van der Waals surface area contributed by atoms with E-state index in [4.69, 9.17) is 5.73 Å². The Kier molecular flexibility index (Phi) is 2.41. The Hall–Kier alpha value is -0.930. The number of hydrogen-bond acceptors (Lipinski definition) is 1. The fourth-order valence-corrected chi connectivity index (χ4v) is 1.26. The number of rotatable bonds is 3. The van der Waals surface area contributed by atoms with Gasteiger partial charge in [-0.3, -0.25) is 0 Å². The van der Waals surface area contributed by atoms with Gasteiger partial charge < -0.3 is 5.73 Å². The first-order chi connectivity index (χ1) is 5.82. The molecule has 4 heteroatoms. The Labute approximate surface area is 75.1 Å². The molecule has 0 aromatic carbocycles. The van der Waals surface area contributed by atoms with E-state index in [1.54, 1.807) is 6.92 Å². The lowest BCUT2D eigenvalue weighted by molar-refractivity contribution is -0.0943. The summed E-state index contributed by atoms with van der Waals surface area (Å²) in [4.78, 5) is 0. The van der Waals surface area contributed by atoms with Gasteiger partial charge >= 0.3 is 6.18 Å². The van der Waals surface area contributed by atoms with Gasteiger partial charge in [0.05, 0.1) is 0 Å². The summed E-state index contributed by atoms with van der Waals surface area (Å²) in [6, 6.07) is 0. The van der Waals surface area contributed by atoms with E-state index in [1.807, 2.05) is 0 Å². The van der Waals surface area contributed by atoms with E-state index in [0.717, 1.165) is 11.3 Å². The summed E-state index contributed by atoms with van der Waals surface area (Å²) in [6.45, 7) is 4.75. The third-order valence-electron chi connectivity index (χ3n) is 2.22. The molecule has 1 rings (SSSR count). The van der Waals surface area contributed by atoms with Crippen LogP contribution in [-0.4, -0.2) is 6.18 Å². The van der Waals surface area contributed by atoms with Crippen molar-refractivity contribution < 1.29 is 13.2 Å². The van der Waals surface area contributed by atoms with Gasteiger partial charge in [0.2, 0.25) is 0 Å². The van der Waals surface area contributed by atoms with Crippen molar-refractivity contribution in [2.45, 2.75) is 25.9 Å². The first-order valence-corrected chi connectivity index (χ1v) is 4.04. The van der Waals surface area contributed by atoms with E-state index in [0.29, 0.717) is 6.42 Å². The molecular formula is C9H12F3N. The zero-order chi connectivity index (χ0) is 10.2. The lowest BCUT2D eigenvalue weighted by Gasteiger charge is -2.12. The van der Waals surface area contributed by atoms with E-state index in [9.17, 15) is 13.2 Å². The van der Waals surface area contributed by atoms with Crippen LogP contribution in [0.5, 0.6) is 0 Å². The van der Waals surface area contributed by atoms with Crippen molar-refractivity contribution in [1.82, 2.24) is 0 Å². The number of hydrogen-bond donors (Lipinski definition) is 1. The zero-order valence-electron chi connectivity index (χ0n) is 7.41. The molecule has 1 nitrogen and oxygen atoms in total. The monoisotopic (exact) mass is 191 g/mol. The van der Waals surface area contributed by atoms with Crippen molar-refractivity contribution in [3.8, 4) is 0 Å². The molecule has 0 fully saturated rings. The molecule has 1 atom stereocenters. The van der Waals surface area contributed by atoms with Crippen LogP contribution in [0.25, 0.3) is 0 Å². The van der Waals surface area contributed by atoms with Gasteiger partial charge in [-0.1, -0.05) is 13.5 Å². The normalized spacial score (nSPS) is 18.8. The summed E-state index contributed by atoms with van der Waals surface area (Å²) in [5.41, 5.74) is 6.43. The van der Waals surface area contributed by atoms with Gasteiger partial charge in [-0.25, -0.2) is 0 Å². The Morgan fingerprint density at radius 3 is 2.38 bits per heavy atom. The van der Waals surface area contributed by atoms with Crippen LogP contribution in [0.1, 0.15) is 19.8 Å². The van der Waals surface area contributed by atoms with E-state index in [1.165, 1.54) is 0 Å². The second-order valence-electron chi connectivity index (χ2n) is 3.43. The third-order valence-corrected chi connectivity index (χ3v) is 2.22.